The van der Waals surface area contributed by atoms with Gasteiger partial charge in [-0.05, 0) is 35.9 Å². The quantitative estimate of drug-likeness (QED) is 0.836. The Bertz CT molecular complexity index is 829. The second kappa shape index (κ2) is 7.93. The van der Waals surface area contributed by atoms with Gasteiger partial charge in [-0.1, -0.05) is 11.6 Å². The van der Waals surface area contributed by atoms with Crippen molar-refractivity contribution in [2.45, 2.75) is 13.0 Å². The van der Waals surface area contributed by atoms with Crippen molar-refractivity contribution in [2.75, 3.05) is 32.6 Å². The number of rotatable bonds is 5. The van der Waals surface area contributed by atoms with Gasteiger partial charge in [0.25, 0.3) is 5.91 Å². The third kappa shape index (κ3) is 4.08. The van der Waals surface area contributed by atoms with E-state index < -0.39 is 5.82 Å². The van der Waals surface area contributed by atoms with Crippen molar-refractivity contribution < 1.29 is 23.6 Å². The fraction of sp³-hybridized carbons (Fsp3) is 0.316. The van der Waals surface area contributed by atoms with E-state index in [2.05, 4.69) is 5.32 Å². The standard InChI is InChI=1S/C19H20ClFN2O3/c1-25-17-7-12-5-6-23(10-13(12)8-18(17)26-2)11-19(24)22-14-3-4-16(21)15(20)9-14/h3-4,7-9H,5-6,10-11H2,1-2H3,(H,22,24)/p+1. The fourth-order valence-electron chi connectivity index (χ4n) is 3.19. The molecule has 138 valence electrons. The van der Waals surface area contributed by atoms with Crippen molar-refractivity contribution in [1.82, 2.24) is 0 Å². The van der Waals surface area contributed by atoms with Crippen molar-refractivity contribution in [3.05, 3.63) is 52.3 Å². The largest absolute Gasteiger partial charge is 0.493 e. The topological polar surface area (TPSA) is 52.0 Å². The molecular weight excluding hydrogens is 359 g/mol. The zero-order chi connectivity index (χ0) is 18.7. The maximum absolute atomic E-state index is 13.2. The lowest BCUT2D eigenvalue weighted by Gasteiger charge is -2.26. The van der Waals surface area contributed by atoms with Gasteiger partial charge in [-0.15, -0.1) is 0 Å². The van der Waals surface area contributed by atoms with Crippen LogP contribution in [-0.2, 0) is 17.8 Å². The molecule has 2 aromatic carbocycles. The molecule has 0 saturated carbocycles. The van der Waals surface area contributed by atoms with Crippen LogP contribution in [0.5, 0.6) is 11.5 Å². The molecule has 0 aliphatic carbocycles. The summed E-state index contributed by atoms with van der Waals surface area (Å²) in [5.74, 6) is 0.775. The lowest BCUT2D eigenvalue weighted by atomic mass is 9.99. The maximum Gasteiger partial charge on any atom is 0.279 e. The van der Waals surface area contributed by atoms with E-state index in [1.807, 2.05) is 12.1 Å². The Kier molecular flexibility index (Phi) is 5.64. The van der Waals surface area contributed by atoms with Crippen molar-refractivity contribution >= 4 is 23.2 Å². The predicted octanol–water partition coefficient (Wildman–Crippen LogP) is 2.08. The maximum atomic E-state index is 13.2. The molecule has 1 aliphatic rings. The fourth-order valence-corrected chi connectivity index (χ4v) is 3.37. The minimum absolute atomic E-state index is 0.0110. The van der Waals surface area contributed by atoms with Gasteiger partial charge in [0.2, 0.25) is 0 Å². The van der Waals surface area contributed by atoms with Crippen LogP contribution in [0, 0.1) is 5.82 Å². The smallest absolute Gasteiger partial charge is 0.279 e. The molecule has 1 heterocycles. The molecule has 0 aromatic heterocycles. The summed E-state index contributed by atoms with van der Waals surface area (Å²) in [7, 11) is 3.23. The van der Waals surface area contributed by atoms with Gasteiger partial charge in [0.15, 0.2) is 18.0 Å². The van der Waals surface area contributed by atoms with Crippen LogP contribution in [0.2, 0.25) is 5.02 Å². The van der Waals surface area contributed by atoms with E-state index in [4.69, 9.17) is 21.1 Å². The van der Waals surface area contributed by atoms with Gasteiger partial charge < -0.3 is 19.7 Å². The molecule has 26 heavy (non-hydrogen) atoms. The number of amides is 1. The first kappa shape index (κ1) is 18.5. The molecule has 1 unspecified atom stereocenters. The summed E-state index contributed by atoms with van der Waals surface area (Å²) in [6.45, 7) is 1.90. The van der Waals surface area contributed by atoms with Gasteiger partial charge in [-0.25, -0.2) is 4.39 Å². The van der Waals surface area contributed by atoms with Crippen LogP contribution in [-0.4, -0.2) is 33.2 Å². The number of carbonyl (C=O) groups is 1. The van der Waals surface area contributed by atoms with Crippen LogP contribution in [0.3, 0.4) is 0 Å². The zero-order valence-corrected chi connectivity index (χ0v) is 15.5. The molecule has 5 nitrogen and oxygen atoms in total. The number of ether oxygens (including phenoxy) is 2. The Morgan fingerprint density at radius 1 is 1.19 bits per heavy atom. The first-order valence-corrected chi connectivity index (χ1v) is 8.70. The Balaban J connectivity index is 1.65. The molecule has 2 aromatic rings. The summed E-state index contributed by atoms with van der Waals surface area (Å²) in [5, 5.41) is 2.76. The van der Waals surface area contributed by atoms with Crippen LogP contribution in [0.1, 0.15) is 11.1 Å². The number of fused-ring (bicyclic) bond motifs is 1. The molecule has 0 spiro atoms. The third-order valence-corrected chi connectivity index (χ3v) is 4.80. The Morgan fingerprint density at radius 2 is 1.88 bits per heavy atom. The van der Waals surface area contributed by atoms with Crippen LogP contribution in [0.15, 0.2) is 30.3 Å². The summed E-state index contributed by atoms with van der Waals surface area (Å²) in [4.78, 5) is 13.4. The van der Waals surface area contributed by atoms with E-state index in [-0.39, 0.29) is 10.9 Å². The number of carbonyl (C=O) groups excluding carboxylic acids is 1. The molecule has 0 fully saturated rings. The number of quaternary nitrogens is 1. The zero-order valence-electron chi connectivity index (χ0n) is 14.7. The Hall–Kier alpha value is -2.31. The molecule has 0 saturated heterocycles. The van der Waals surface area contributed by atoms with E-state index >= 15 is 0 Å². The highest BCUT2D eigenvalue weighted by Gasteiger charge is 2.24. The van der Waals surface area contributed by atoms with Crippen LogP contribution < -0.4 is 19.7 Å². The van der Waals surface area contributed by atoms with Crippen molar-refractivity contribution in [1.29, 1.82) is 0 Å². The molecule has 1 atom stereocenters. The minimum atomic E-state index is -0.507. The Morgan fingerprint density at radius 3 is 2.54 bits per heavy atom. The van der Waals surface area contributed by atoms with E-state index in [1.54, 1.807) is 14.2 Å². The first-order valence-electron chi connectivity index (χ1n) is 8.32. The summed E-state index contributed by atoms with van der Waals surface area (Å²) < 4.78 is 23.9. The average molecular weight is 380 g/mol. The lowest BCUT2D eigenvalue weighted by molar-refractivity contribution is -0.907. The molecular formula is C19H21ClFN2O3+. The average Bonchev–Trinajstić information content (AvgIpc) is 2.63. The number of benzene rings is 2. The van der Waals surface area contributed by atoms with Gasteiger partial charge in [0.1, 0.15) is 12.4 Å². The normalized spacial score (nSPS) is 15.9. The van der Waals surface area contributed by atoms with Gasteiger partial charge in [0, 0.05) is 17.7 Å². The molecule has 0 radical (unpaired) electrons. The minimum Gasteiger partial charge on any atom is -0.493 e. The van der Waals surface area contributed by atoms with Crippen molar-refractivity contribution in [3.8, 4) is 11.5 Å². The van der Waals surface area contributed by atoms with Crippen LogP contribution in [0.4, 0.5) is 10.1 Å². The molecule has 2 N–H and O–H groups in total. The second-order valence-corrected chi connectivity index (χ2v) is 6.66. The van der Waals surface area contributed by atoms with Gasteiger partial charge in [-0.3, -0.25) is 4.79 Å². The number of nitrogens with one attached hydrogen (secondary N) is 2. The van der Waals surface area contributed by atoms with Crippen molar-refractivity contribution in [3.63, 3.8) is 0 Å². The summed E-state index contributed by atoms with van der Waals surface area (Å²) in [5.41, 5.74) is 2.86. The predicted molar refractivity (Wildman–Crippen MR) is 97.7 cm³/mol. The van der Waals surface area contributed by atoms with E-state index in [0.717, 1.165) is 35.7 Å². The van der Waals surface area contributed by atoms with Gasteiger partial charge in [0.05, 0.1) is 25.8 Å². The molecule has 0 bridgehead atoms. The van der Waals surface area contributed by atoms with E-state index in [9.17, 15) is 9.18 Å². The number of methoxy groups -OCH3 is 2. The SMILES string of the molecule is COc1cc2c(cc1OC)C[NH+](CC(=O)Nc1ccc(F)c(Cl)c1)CC2. The number of anilines is 1. The first-order chi connectivity index (χ1) is 12.5. The molecule has 3 rings (SSSR count). The van der Waals surface area contributed by atoms with E-state index in [0.29, 0.717) is 18.0 Å². The highest BCUT2D eigenvalue weighted by Crippen LogP contribution is 2.31. The van der Waals surface area contributed by atoms with Gasteiger partial charge in [-0.2, -0.15) is 0 Å². The molecule has 1 aliphatic heterocycles. The van der Waals surface area contributed by atoms with Crippen LogP contribution >= 0.6 is 11.6 Å². The second-order valence-electron chi connectivity index (χ2n) is 6.26. The van der Waals surface area contributed by atoms with E-state index in [1.165, 1.54) is 23.8 Å². The lowest BCUT2D eigenvalue weighted by Crippen LogP contribution is -3.12. The third-order valence-electron chi connectivity index (χ3n) is 4.51. The van der Waals surface area contributed by atoms with Crippen LogP contribution in [0.25, 0.3) is 0 Å². The number of halogens is 2. The number of hydrogen-bond donors (Lipinski definition) is 2. The Labute approximate surface area is 156 Å². The summed E-state index contributed by atoms with van der Waals surface area (Å²) in [6.07, 6.45) is 0.862. The van der Waals surface area contributed by atoms with Gasteiger partial charge >= 0.3 is 0 Å². The summed E-state index contributed by atoms with van der Waals surface area (Å²) in [6, 6.07) is 8.13. The molecule has 7 heteroatoms. The molecule has 1 amide bonds. The highest BCUT2D eigenvalue weighted by atomic mass is 35.5. The monoisotopic (exact) mass is 379 g/mol. The highest BCUT2D eigenvalue weighted by molar-refractivity contribution is 6.31. The van der Waals surface area contributed by atoms with Crippen molar-refractivity contribution in [2.24, 2.45) is 0 Å². The summed E-state index contributed by atoms with van der Waals surface area (Å²) >= 11 is 5.75. The number of hydrogen-bond acceptors (Lipinski definition) is 3.